The molecule has 0 aliphatic carbocycles. The molecule has 1 saturated heterocycles. The van der Waals surface area contributed by atoms with Crippen molar-refractivity contribution in [2.24, 2.45) is 15.4 Å². The summed E-state index contributed by atoms with van der Waals surface area (Å²) in [5.41, 5.74) is 2.14. The van der Waals surface area contributed by atoms with Gasteiger partial charge in [-0.3, -0.25) is 14.6 Å². The number of amidine groups is 2. The van der Waals surface area contributed by atoms with Crippen molar-refractivity contribution in [3.8, 4) is 22.9 Å². The quantitative estimate of drug-likeness (QED) is 0.203. The van der Waals surface area contributed by atoms with Gasteiger partial charge < -0.3 is 19.7 Å². The Morgan fingerprint density at radius 3 is 2.29 bits per heavy atom. The van der Waals surface area contributed by atoms with Gasteiger partial charge in [0.15, 0.2) is 11.6 Å². The van der Waals surface area contributed by atoms with Gasteiger partial charge in [0.25, 0.3) is 0 Å². The van der Waals surface area contributed by atoms with Crippen molar-refractivity contribution in [2.75, 3.05) is 40.4 Å². The number of rotatable bonds is 4. The number of likely N-dealkylation sites (N-methyl/N-ethyl adjacent to an activating group) is 1. The van der Waals surface area contributed by atoms with Gasteiger partial charge in [0.05, 0.1) is 24.3 Å². The Labute approximate surface area is 265 Å². The number of hydrogen-bond acceptors (Lipinski definition) is 7. The van der Waals surface area contributed by atoms with Gasteiger partial charge in [-0.05, 0) is 33.0 Å². The minimum absolute atomic E-state index is 0.0520. The lowest BCUT2D eigenvalue weighted by Gasteiger charge is -2.37. The van der Waals surface area contributed by atoms with E-state index < -0.39 is 17.2 Å². The predicted molar refractivity (Wildman–Crippen MR) is 177 cm³/mol. The fraction of sp³-hybridized carbons (Fsp3) is 0.400. The lowest BCUT2D eigenvalue weighted by molar-refractivity contribution is -0.128. The first-order valence-electron chi connectivity index (χ1n) is 15.1. The van der Waals surface area contributed by atoms with Crippen LogP contribution in [0, 0.1) is 11.2 Å². The van der Waals surface area contributed by atoms with E-state index in [9.17, 15) is 14.0 Å². The van der Waals surface area contributed by atoms with Crippen LogP contribution in [0.15, 0.2) is 64.6 Å². The summed E-state index contributed by atoms with van der Waals surface area (Å²) in [5.74, 6) is -0.128. The molecule has 5 rings (SSSR count). The van der Waals surface area contributed by atoms with E-state index in [0.29, 0.717) is 34.1 Å². The lowest BCUT2D eigenvalue weighted by atomic mass is 9.69. The fourth-order valence-electron chi connectivity index (χ4n) is 4.98. The molecule has 45 heavy (non-hydrogen) atoms. The molecule has 0 radical (unpaired) electrons. The highest BCUT2D eigenvalue weighted by Gasteiger charge is 2.45. The Kier molecular flexibility index (Phi) is 12.6. The van der Waals surface area contributed by atoms with Crippen LogP contribution in [-0.2, 0) is 9.53 Å². The second kappa shape index (κ2) is 16.2. The molecule has 1 aromatic heterocycles. The molecule has 3 aromatic rings. The number of aliphatic imine (C=N–C) groups is 2. The Morgan fingerprint density at radius 2 is 1.71 bits per heavy atom. The number of carbonyl (C=O) groups is 2. The van der Waals surface area contributed by atoms with Crippen LogP contribution in [0.1, 0.15) is 68.9 Å². The third-order valence-corrected chi connectivity index (χ3v) is 7.54. The number of para-hydroxylation sites is 1. The van der Waals surface area contributed by atoms with Gasteiger partial charge in [0.1, 0.15) is 18.0 Å². The summed E-state index contributed by atoms with van der Waals surface area (Å²) in [6.45, 7) is 15.1. The number of hydrogen-bond donors (Lipinski definition) is 1. The fourth-order valence-corrected chi connectivity index (χ4v) is 4.98. The summed E-state index contributed by atoms with van der Waals surface area (Å²) >= 11 is 0. The van der Waals surface area contributed by atoms with Crippen molar-refractivity contribution in [3.05, 3.63) is 77.1 Å². The number of morpholine rings is 1. The van der Waals surface area contributed by atoms with Crippen LogP contribution in [-0.4, -0.2) is 74.1 Å². The molecular formula is C35H44FN5O4. The van der Waals surface area contributed by atoms with E-state index in [0.717, 1.165) is 38.2 Å². The minimum Gasteiger partial charge on any atom is -0.435 e. The van der Waals surface area contributed by atoms with E-state index in [1.807, 2.05) is 26.0 Å². The van der Waals surface area contributed by atoms with Crippen LogP contribution >= 0.6 is 0 Å². The molecule has 240 valence electrons. The molecule has 1 N–H and O–H groups in total. The maximum atomic E-state index is 14.9. The van der Waals surface area contributed by atoms with Crippen LogP contribution < -0.4 is 10.1 Å². The number of benzene rings is 2. The van der Waals surface area contributed by atoms with Crippen LogP contribution in [0.5, 0.6) is 11.6 Å². The average Bonchev–Trinajstić information content (AvgIpc) is 3.05. The summed E-state index contributed by atoms with van der Waals surface area (Å²) in [5, 5.41) is 2.85. The molecule has 3 heterocycles. The zero-order chi connectivity index (χ0) is 33.1. The minimum atomic E-state index is -1.02. The molecule has 1 amide bonds. The number of amides is 1. The molecule has 9 nitrogen and oxygen atoms in total. The van der Waals surface area contributed by atoms with E-state index in [4.69, 9.17) is 9.47 Å². The molecule has 0 spiro atoms. The Hall–Kier alpha value is -4.28. The maximum absolute atomic E-state index is 14.9. The van der Waals surface area contributed by atoms with Crippen LogP contribution in [0.2, 0.25) is 0 Å². The van der Waals surface area contributed by atoms with Gasteiger partial charge in [-0.2, -0.15) is 0 Å². The molecule has 1 fully saturated rings. The number of aromatic nitrogens is 1. The summed E-state index contributed by atoms with van der Waals surface area (Å²) in [6, 6.07) is 15.3. The number of carbonyl (C=O) groups excluding carboxylic acids is 2. The lowest BCUT2D eigenvalue weighted by Crippen LogP contribution is -2.44. The first-order chi connectivity index (χ1) is 21.5. The molecule has 1 unspecified atom stereocenters. The second-order valence-corrected chi connectivity index (χ2v) is 11.1. The monoisotopic (exact) mass is 617 g/mol. The number of aldehydes is 1. The van der Waals surface area contributed by atoms with Crippen molar-refractivity contribution >= 4 is 23.9 Å². The summed E-state index contributed by atoms with van der Waals surface area (Å²) in [7, 11) is 3.74. The molecule has 1 atom stereocenters. The SMILES string of the molecule is CC.CN1CCOCC1.CN=C(C)N=C(C)NC(=O)C(C)(C)C1c2ccc(-c3ccc(C=O)cc3)nc2Oc2c(F)cccc21. The average molecular weight is 618 g/mol. The zero-order valence-corrected chi connectivity index (χ0v) is 27.5. The topological polar surface area (TPSA) is 105 Å². The van der Waals surface area contributed by atoms with Crippen molar-refractivity contribution in [3.63, 3.8) is 0 Å². The number of nitrogens with zero attached hydrogens (tertiary/aromatic N) is 4. The van der Waals surface area contributed by atoms with E-state index >= 15 is 0 Å². The summed E-state index contributed by atoms with van der Waals surface area (Å²) in [4.78, 5) is 39.7. The van der Waals surface area contributed by atoms with Crippen molar-refractivity contribution in [1.29, 1.82) is 0 Å². The molecule has 0 saturated carbocycles. The second-order valence-electron chi connectivity index (χ2n) is 11.1. The van der Waals surface area contributed by atoms with Gasteiger partial charge in [-0.25, -0.2) is 14.4 Å². The van der Waals surface area contributed by atoms with Gasteiger partial charge in [0, 0.05) is 48.3 Å². The zero-order valence-electron chi connectivity index (χ0n) is 27.5. The highest BCUT2D eigenvalue weighted by atomic mass is 19.1. The van der Waals surface area contributed by atoms with Crippen LogP contribution in [0.25, 0.3) is 11.3 Å². The van der Waals surface area contributed by atoms with Gasteiger partial charge in [-0.1, -0.05) is 70.2 Å². The Balaban J connectivity index is 0.000000534. The number of ether oxygens (including phenoxy) is 2. The third-order valence-electron chi connectivity index (χ3n) is 7.54. The smallest absolute Gasteiger partial charge is 0.231 e. The number of fused-ring (bicyclic) bond motifs is 2. The maximum Gasteiger partial charge on any atom is 0.231 e. The Bertz CT molecular complexity index is 1530. The van der Waals surface area contributed by atoms with Crippen molar-refractivity contribution in [2.45, 2.75) is 47.5 Å². The number of halogens is 1. The van der Waals surface area contributed by atoms with E-state index in [2.05, 4.69) is 32.2 Å². The van der Waals surface area contributed by atoms with Gasteiger partial charge in [0.2, 0.25) is 11.8 Å². The molecule has 2 aromatic carbocycles. The normalized spacial score (nSPS) is 16.4. The largest absolute Gasteiger partial charge is 0.435 e. The van der Waals surface area contributed by atoms with E-state index in [1.54, 1.807) is 71.1 Å². The highest BCUT2D eigenvalue weighted by molar-refractivity contribution is 6.04. The molecule has 2 aliphatic heterocycles. The van der Waals surface area contributed by atoms with Crippen molar-refractivity contribution < 1.29 is 23.5 Å². The van der Waals surface area contributed by atoms with E-state index in [-0.39, 0.29) is 17.5 Å². The van der Waals surface area contributed by atoms with Crippen LogP contribution in [0.4, 0.5) is 4.39 Å². The van der Waals surface area contributed by atoms with Crippen LogP contribution in [0.3, 0.4) is 0 Å². The van der Waals surface area contributed by atoms with Gasteiger partial charge in [-0.15, -0.1) is 0 Å². The predicted octanol–water partition coefficient (Wildman–Crippen LogP) is 6.52. The van der Waals surface area contributed by atoms with Crippen molar-refractivity contribution in [1.82, 2.24) is 15.2 Å². The first-order valence-corrected chi connectivity index (χ1v) is 15.1. The number of nitrogens with one attached hydrogen (secondary N) is 1. The van der Waals surface area contributed by atoms with E-state index in [1.165, 1.54) is 6.07 Å². The first kappa shape index (κ1) is 35.2. The molecule has 10 heteroatoms. The molecule has 2 aliphatic rings. The standard InChI is InChI=1S/C28H27FN4O3.C5H11NO.C2H6/c1-16(30-5)31-17(2)32-27(35)28(3,4)24-20-7-6-8-22(29)25(20)36-26-21(24)13-14-23(33-26)19-11-9-18(15-34)10-12-19;1-6-2-4-7-5-3-6;1-2/h6-15,24H,1-5H3,(H,30,31,32,35);2-5H2,1H3;1-2H3. The summed E-state index contributed by atoms with van der Waals surface area (Å²) < 4.78 is 26.0. The molecule has 0 bridgehead atoms. The molecular weight excluding hydrogens is 573 g/mol. The third kappa shape index (κ3) is 8.67. The van der Waals surface area contributed by atoms with Gasteiger partial charge >= 0.3 is 0 Å². The highest BCUT2D eigenvalue weighted by Crippen LogP contribution is 2.52. The Morgan fingerprint density at radius 1 is 1.04 bits per heavy atom. The number of pyridine rings is 1. The summed E-state index contributed by atoms with van der Waals surface area (Å²) in [6.07, 6.45) is 0.771.